The first-order valence-electron chi connectivity index (χ1n) is 6.15. The van der Waals surface area contributed by atoms with Crippen LogP contribution in [0.5, 0.6) is 5.75 Å². The zero-order valence-electron chi connectivity index (χ0n) is 10.7. The quantitative estimate of drug-likeness (QED) is 0.856. The van der Waals surface area contributed by atoms with E-state index >= 15 is 0 Å². The van der Waals surface area contributed by atoms with Crippen molar-refractivity contribution in [3.05, 3.63) is 40.9 Å². The maximum Gasteiger partial charge on any atom is 0.234 e. The summed E-state index contributed by atoms with van der Waals surface area (Å²) in [4.78, 5) is 11.1. The maximum atomic E-state index is 11.1. The standard InChI is InChI=1S/C15H13BrN2O2/c16-13-3-1-12-10-14(4-2-11(12)9-13)20-8-7-18-15(19)5-6-17/h1-4,9-10H,5,7-8H2,(H,18,19). The first kappa shape index (κ1) is 14.4. The Morgan fingerprint density at radius 1 is 1.25 bits per heavy atom. The number of hydrogen-bond donors (Lipinski definition) is 1. The first-order chi connectivity index (χ1) is 9.69. The molecular weight excluding hydrogens is 320 g/mol. The van der Waals surface area contributed by atoms with Crippen molar-refractivity contribution in [1.82, 2.24) is 5.32 Å². The minimum absolute atomic E-state index is 0.120. The summed E-state index contributed by atoms with van der Waals surface area (Å²) >= 11 is 3.43. The Kier molecular flexibility index (Phi) is 4.97. The van der Waals surface area contributed by atoms with Gasteiger partial charge in [0.15, 0.2) is 0 Å². The maximum absolute atomic E-state index is 11.1. The van der Waals surface area contributed by atoms with Crippen molar-refractivity contribution in [2.75, 3.05) is 13.2 Å². The van der Waals surface area contributed by atoms with Gasteiger partial charge in [0.1, 0.15) is 18.8 Å². The summed E-state index contributed by atoms with van der Waals surface area (Å²) in [7, 11) is 0. The van der Waals surface area contributed by atoms with Crippen molar-refractivity contribution in [2.45, 2.75) is 6.42 Å². The number of amides is 1. The molecule has 0 atom stereocenters. The van der Waals surface area contributed by atoms with E-state index in [9.17, 15) is 4.79 Å². The van der Waals surface area contributed by atoms with Gasteiger partial charge in [0.25, 0.3) is 0 Å². The van der Waals surface area contributed by atoms with E-state index in [1.807, 2.05) is 36.4 Å². The van der Waals surface area contributed by atoms with Gasteiger partial charge in [-0.05, 0) is 35.0 Å². The smallest absolute Gasteiger partial charge is 0.234 e. The van der Waals surface area contributed by atoms with Crippen molar-refractivity contribution >= 4 is 32.6 Å². The predicted octanol–water partition coefficient (Wildman–Crippen LogP) is 3.01. The van der Waals surface area contributed by atoms with E-state index in [0.29, 0.717) is 13.2 Å². The van der Waals surface area contributed by atoms with Gasteiger partial charge in [-0.15, -0.1) is 0 Å². The second-order valence-electron chi connectivity index (χ2n) is 4.19. The Labute approximate surface area is 125 Å². The highest BCUT2D eigenvalue weighted by Crippen LogP contribution is 2.23. The molecule has 20 heavy (non-hydrogen) atoms. The topological polar surface area (TPSA) is 62.1 Å². The molecule has 0 saturated carbocycles. The lowest BCUT2D eigenvalue weighted by atomic mass is 10.1. The van der Waals surface area contributed by atoms with E-state index in [0.717, 1.165) is 21.0 Å². The fourth-order valence-electron chi connectivity index (χ4n) is 1.78. The molecule has 0 fully saturated rings. The van der Waals surface area contributed by atoms with Crippen LogP contribution in [0.1, 0.15) is 6.42 Å². The Bertz CT molecular complexity index is 664. The Balaban J connectivity index is 1.89. The molecule has 2 aromatic rings. The molecule has 0 aliphatic heterocycles. The van der Waals surface area contributed by atoms with Gasteiger partial charge in [0.05, 0.1) is 12.6 Å². The van der Waals surface area contributed by atoms with Gasteiger partial charge in [-0.3, -0.25) is 4.79 Å². The molecule has 1 amide bonds. The molecule has 0 radical (unpaired) electrons. The molecule has 0 aromatic heterocycles. The van der Waals surface area contributed by atoms with Crippen LogP contribution in [0.2, 0.25) is 0 Å². The summed E-state index contributed by atoms with van der Waals surface area (Å²) in [5, 5.41) is 13.2. The monoisotopic (exact) mass is 332 g/mol. The lowest BCUT2D eigenvalue weighted by Crippen LogP contribution is -2.27. The van der Waals surface area contributed by atoms with Gasteiger partial charge >= 0.3 is 0 Å². The molecule has 2 rings (SSSR count). The number of fused-ring (bicyclic) bond motifs is 1. The second-order valence-corrected chi connectivity index (χ2v) is 5.10. The van der Waals surface area contributed by atoms with E-state index in [-0.39, 0.29) is 12.3 Å². The van der Waals surface area contributed by atoms with Gasteiger partial charge in [0.2, 0.25) is 5.91 Å². The largest absolute Gasteiger partial charge is 0.492 e. The van der Waals surface area contributed by atoms with E-state index in [1.54, 1.807) is 6.07 Å². The minimum atomic E-state index is -0.278. The first-order valence-corrected chi connectivity index (χ1v) is 6.94. The number of carbonyl (C=O) groups excluding carboxylic acids is 1. The summed E-state index contributed by atoms with van der Waals surface area (Å²) < 4.78 is 6.60. The van der Waals surface area contributed by atoms with Gasteiger partial charge in [-0.1, -0.05) is 28.1 Å². The predicted molar refractivity (Wildman–Crippen MR) is 80.4 cm³/mol. The molecule has 0 spiro atoms. The van der Waals surface area contributed by atoms with Crippen molar-refractivity contribution in [1.29, 1.82) is 5.26 Å². The molecule has 0 saturated heterocycles. The van der Waals surface area contributed by atoms with Crippen LogP contribution in [0.15, 0.2) is 40.9 Å². The fraction of sp³-hybridized carbons (Fsp3) is 0.200. The molecule has 0 aliphatic carbocycles. The lowest BCUT2D eigenvalue weighted by molar-refractivity contribution is -0.120. The minimum Gasteiger partial charge on any atom is -0.492 e. The van der Waals surface area contributed by atoms with Crippen LogP contribution in [-0.4, -0.2) is 19.1 Å². The Morgan fingerprint density at radius 3 is 2.80 bits per heavy atom. The summed E-state index contributed by atoms with van der Waals surface area (Å²) in [5.41, 5.74) is 0. The third-order valence-corrected chi connectivity index (χ3v) is 3.20. The summed E-state index contributed by atoms with van der Waals surface area (Å²) in [5.74, 6) is 0.480. The molecular formula is C15H13BrN2O2. The van der Waals surface area contributed by atoms with Crippen LogP contribution >= 0.6 is 15.9 Å². The number of rotatable bonds is 5. The highest BCUT2D eigenvalue weighted by molar-refractivity contribution is 9.10. The number of benzene rings is 2. The van der Waals surface area contributed by atoms with E-state index < -0.39 is 0 Å². The fourth-order valence-corrected chi connectivity index (χ4v) is 2.16. The summed E-state index contributed by atoms with van der Waals surface area (Å²) in [6.07, 6.45) is -0.120. The number of nitrogens with zero attached hydrogens (tertiary/aromatic N) is 1. The van der Waals surface area contributed by atoms with Crippen LogP contribution in [0.4, 0.5) is 0 Å². The van der Waals surface area contributed by atoms with Crippen LogP contribution in [0.25, 0.3) is 10.8 Å². The zero-order valence-corrected chi connectivity index (χ0v) is 12.3. The third kappa shape index (κ3) is 3.97. The molecule has 0 bridgehead atoms. The number of nitrogens with one attached hydrogen (secondary N) is 1. The highest BCUT2D eigenvalue weighted by atomic mass is 79.9. The van der Waals surface area contributed by atoms with E-state index in [2.05, 4.69) is 21.2 Å². The van der Waals surface area contributed by atoms with Crippen LogP contribution in [0, 0.1) is 11.3 Å². The number of carbonyl (C=O) groups is 1. The van der Waals surface area contributed by atoms with Crippen LogP contribution in [-0.2, 0) is 4.79 Å². The average Bonchev–Trinajstić information content (AvgIpc) is 2.44. The molecule has 5 heteroatoms. The zero-order chi connectivity index (χ0) is 14.4. The molecule has 2 aromatic carbocycles. The molecule has 0 unspecified atom stereocenters. The average molecular weight is 333 g/mol. The highest BCUT2D eigenvalue weighted by Gasteiger charge is 2.00. The van der Waals surface area contributed by atoms with Crippen molar-refractivity contribution in [3.63, 3.8) is 0 Å². The van der Waals surface area contributed by atoms with Gasteiger partial charge < -0.3 is 10.1 Å². The Morgan fingerprint density at radius 2 is 2.00 bits per heavy atom. The molecule has 0 heterocycles. The van der Waals surface area contributed by atoms with Crippen molar-refractivity contribution < 1.29 is 9.53 Å². The third-order valence-electron chi connectivity index (χ3n) is 2.71. The lowest BCUT2D eigenvalue weighted by Gasteiger charge is -2.08. The number of ether oxygens (including phenoxy) is 1. The number of nitriles is 1. The second kappa shape index (κ2) is 6.92. The molecule has 102 valence electrons. The van der Waals surface area contributed by atoms with E-state index in [1.165, 1.54) is 0 Å². The van der Waals surface area contributed by atoms with Gasteiger partial charge in [-0.25, -0.2) is 0 Å². The molecule has 4 nitrogen and oxygen atoms in total. The number of halogens is 1. The van der Waals surface area contributed by atoms with Crippen molar-refractivity contribution in [2.24, 2.45) is 0 Å². The van der Waals surface area contributed by atoms with E-state index in [4.69, 9.17) is 10.00 Å². The normalized spacial score (nSPS) is 10.0. The van der Waals surface area contributed by atoms with Gasteiger partial charge in [0, 0.05) is 4.47 Å². The Hall–Kier alpha value is -2.06. The summed E-state index contributed by atoms with van der Waals surface area (Å²) in [6, 6.07) is 13.7. The SMILES string of the molecule is N#CCC(=O)NCCOc1ccc2cc(Br)ccc2c1. The molecule has 1 N–H and O–H groups in total. The van der Waals surface area contributed by atoms with Crippen LogP contribution < -0.4 is 10.1 Å². The number of hydrogen-bond acceptors (Lipinski definition) is 3. The molecule has 0 aliphatic rings. The summed E-state index contributed by atoms with van der Waals surface area (Å²) in [6.45, 7) is 0.762. The van der Waals surface area contributed by atoms with Crippen LogP contribution in [0.3, 0.4) is 0 Å². The van der Waals surface area contributed by atoms with Crippen molar-refractivity contribution in [3.8, 4) is 11.8 Å². The van der Waals surface area contributed by atoms with Gasteiger partial charge in [-0.2, -0.15) is 5.26 Å².